The maximum Gasteiger partial charge on any atom is 0.334 e. The summed E-state index contributed by atoms with van der Waals surface area (Å²) >= 11 is 6.96. The van der Waals surface area contributed by atoms with Crippen LogP contribution in [0, 0.1) is 34.5 Å². The molecule has 0 unspecified atom stereocenters. The lowest BCUT2D eigenvalue weighted by Crippen LogP contribution is -2.52. The van der Waals surface area contributed by atoms with Crippen molar-refractivity contribution in [3.05, 3.63) is 12.2 Å². The molecule has 194 valence electrons. The van der Waals surface area contributed by atoms with E-state index in [1.54, 1.807) is 0 Å². The molecule has 0 aromatic carbocycles. The summed E-state index contributed by atoms with van der Waals surface area (Å²) < 4.78 is 12.0. The van der Waals surface area contributed by atoms with E-state index in [2.05, 4.69) is 61.2 Å². The van der Waals surface area contributed by atoms with Crippen molar-refractivity contribution in [3.8, 4) is 0 Å². The molecule has 3 fully saturated rings. The van der Waals surface area contributed by atoms with Gasteiger partial charge in [0.2, 0.25) is 0 Å². The highest BCUT2D eigenvalue weighted by molar-refractivity contribution is 6.74. The Balaban J connectivity index is 2.07. The van der Waals surface area contributed by atoms with Crippen LogP contribution in [0.1, 0.15) is 80.1 Å². The average Bonchev–Trinajstić information content (AvgIpc) is 3.18. The van der Waals surface area contributed by atoms with Crippen molar-refractivity contribution in [3.63, 3.8) is 0 Å². The number of carbonyl (C=O) groups excluding carboxylic acids is 2. The minimum Gasteiger partial charge on any atom is -0.467 e. The van der Waals surface area contributed by atoms with Gasteiger partial charge in [0, 0.05) is 12.3 Å². The first kappa shape index (κ1) is 27.9. The molecule has 0 aromatic heterocycles. The summed E-state index contributed by atoms with van der Waals surface area (Å²) in [5, 5.41) is -0.678. The second-order valence-corrected chi connectivity index (χ2v) is 18.9. The minimum atomic E-state index is -2.30. The van der Waals surface area contributed by atoms with Crippen LogP contribution in [-0.2, 0) is 18.8 Å². The van der Waals surface area contributed by atoms with Gasteiger partial charge in [0.25, 0.3) is 0 Å². The summed E-state index contributed by atoms with van der Waals surface area (Å²) in [7, 11) is -0.890. The fourth-order valence-electron chi connectivity index (χ4n) is 7.26. The standard InChI is InChI=1S/C28H47ClO4Si/c1-17-12-11-14-27(5,6)19-13-15-28(7,21(17)19)22-18(16-20(30)23(22)29)24(25(31)32-8)33-34(9,10)26(2,3)4/h18-19,21-24H,1,11-16H2,2-10H3/t18-,19-,21-,22+,23+,24-,28-/m1/s1. The van der Waals surface area contributed by atoms with E-state index in [4.69, 9.17) is 20.8 Å². The van der Waals surface area contributed by atoms with Gasteiger partial charge in [-0.2, -0.15) is 0 Å². The highest BCUT2D eigenvalue weighted by atomic mass is 35.5. The lowest BCUT2D eigenvalue weighted by Gasteiger charge is -2.47. The Kier molecular flexibility index (Phi) is 7.67. The Bertz CT molecular complexity index is 829. The summed E-state index contributed by atoms with van der Waals surface area (Å²) in [5.41, 5.74) is 1.33. The normalized spacial score (nSPS) is 37.3. The first-order valence-electron chi connectivity index (χ1n) is 13.1. The predicted molar refractivity (Wildman–Crippen MR) is 141 cm³/mol. The molecule has 0 aromatic rings. The monoisotopic (exact) mass is 510 g/mol. The van der Waals surface area contributed by atoms with E-state index in [-0.39, 0.29) is 45.9 Å². The number of alkyl halides is 1. The Morgan fingerprint density at radius 3 is 2.38 bits per heavy atom. The number of allylic oxidation sites excluding steroid dienone is 1. The zero-order valence-corrected chi connectivity index (χ0v) is 24.7. The molecule has 0 bridgehead atoms. The van der Waals surface area contributed by atoms with Crippen LogP contribution in [0.2, 0.25) is 18.1 Å². The number of Topliss-reactive ketones (excluding diaryl/α,β-unsaturated/α-hetero) is 1. The molecule has 0 spiro atoms. The number of hydrogen-bond donors (Lipinski definition) is 0. The average molecular weight is 511 g/mol. The number of halogens is 1. The van der Waals surface area contributed by atoms with E-state index in [1.807, 2.05) is 0 Å². The number of ketones is 1. The number of methoxy groups -OCH3 is 1. The molecule has 3 rings (SSSR count). The summed E-state index contributed by atoms with van der Waals surface area (Å²) in [4.78, 5) is 26.3. The van der Waals surface area contributed by atoms with Crippen molar-refractivity contribution in [2.45, 2.75) is 110 Å². The SMILES string of the molecule is C=C1CCCC(C)(C)[C@@H]2CC[C@@](C)([C@H]3[C@H]([C@@H](O[Si](C)(C)C(C)(C)C)C(=O)OC)CC(=O)[C@@H]3Cl)[C@H]12. The van der Waals surface area contributed by atoms with Crippen LogP contribution >= 0.6 is 11.6 Å². The Morgan fingerprint density at radius 1 is 1.21 bits per heavy atom. The molecule has 3 aliphatic carbocycles. The number of fused-ring (bicyclic) bond motifs is 1. The lowest BCUT2D eigenvalue weighted by molar-refractivity contribution is -0.154. The second-order valence-electron chi connectivity index (χ2n) is 13.7. The molecule has 7 atom stereocenters. The van der Waals surface area contributed by atoms with Gasteiger partial charge in [-0.15, -0.1) is 11.6 Å². The first-order valence-corrected chi connectivity index (χ1v) is 16.4. The van der Waals surface area contributed by atoms with Crippen molar-refractivity contribution in [1.29, 1.82) is 0 Å². The number of rotatable bonds is 5. The molecule has 34 heavy (non-hydrogen) atoms. The molecule has 4 nitrogen and oxygen atoms in total. The number of ether oxygens (including phenoxy) is 1. The van der Waals surface area contributed by atoms with E-state index in [0.29, 0.717) is 11.8 Å². The molecular formula is C28H47ClO4Si. The Morgan fingerprint density at radius 2 is 1.82 bits per heavy atom. The van der Waals surface area contributed by atoms with E-state index in [0.717, 1.165) is 25.7 Å². The van der Waals surface area contributed by atoms with Crippen LogP contribution in [0.3, 0.4) is 0 Å². The van der Waals surface area contributed by atoms with Crippen LogP contribution < -0.4 is 0 Å². The lowest BCUT2D eigenvalue weighted by atomic mass is 9.59. The van der Waals surface area contributed by atoms with Gasteiger partial charge >= 0.3 is 5.97 Å². The van der Waals surface area contributed by atoms with Gasteiger partial charge < -0.3 is 9.16 Å². The third-order valence-electron chi connectivity index (χ3n) is 10.2. The zero-order chi connectivity index (χ0) is 25.9. The fourth-order valence-corrected chi connectivity index (χ4v) is 9.08. The zero-order valence-electron chi connectivity index (χ0n) is 22.9. The highest BCUT2D eigenvalue weighted by Gasteiger charge is 2.63. The largest absolute Gasteiger partial charge is 0.467 e. The quantitative estimate of drug-likeness (QED) is 0.170. The van der Waals surface area contributed by atoms with Crippen molar-refractivity contribution < 1.29 is 18.8 Å². The van der Waals surface area contributed by atoms with Gasteiger partial charge in [-0.1, -0.05) is 53.7 Å². The van der Waals surface area contributed by atoms with E-state index in [9.17, 15) is 9.59 Å². The highest BCUT2D eigenvalue weighted by Crippen LogP contribution is 2.65. The van der Waals surface area contributed by atoms with Crippen molar-refractivity contribution >= 4 is 31.7 Å². The molecule has 0 aliphatic heterocycles. The topological polar surface area (TPSA) is 52.6 Å². The molecule has 6 heteroatoms. The molecule has 3 saturated carbocycles. The van der Waals surface area contributed by atoms with Gasteiger partial charge in [0.15, 0.2) is 14.1 Å². The minimum absolute atomic E-state index is 0.0348. The molecule has 0 radical (unpaired) electrons. The third-order valence-corrected chi connectivity index (χ3v) is 15.2. The second kappa shape index (κ2) is 9.34. The maximum atomic E-state index is 13.2. The number of esters is 1. The molecule has 0 heterocycles. The van der Waals surface area contributed by atoms with Gasteiger partial charge in [-0.25, -0.2) is 4.79 Å². The van der Waals surface area contributed by atoms with Crippen LogP contribution in [-0.4, -0.2) is 38.7 Å². The summed E-state index contributed by atoms with van der Waals surface area (Å²) in [6.07, 6.45) is 4.99. The summed E-state index contributed by atoms with van der Waals surface area (Å²) in [6.45, 7) is 22.4. The Hall–Kier alpha value is -0.653. The number of carbonyl (C=O) groups is 2. The first-order chi connectivity index (χ1) is 15.5. The molecule has 0 amide bonds. The molecule has 3 aliphatic rings. The van der Waals surface area contributed by atoms with Crippen LogP contribution in [0.5, 0.6) is 0 Å². The van der Waals surface area contributed by atoms with Gasteiger partial charge in [-0.3, -0.25) is 4.79 Å². The van der Waals surface area contributed by atoms with Crippen LogP contribution in [0.25, 0.3) is 0 Å². The number of hydrogen-bond acceptors (Lipinski definition) is 4. The predicted octanol–water partition coefficient (Wildman–Crippen LogP) is 7.16. The van der Waals surface area contributed by atoms with Crippen molar-refractivity contribution in [2.24, 2.45) is 34.5 Å². The maximum absolute atomic E-state index is 13.2. The smallest absolute Gasteiger partial charge is 0.334 e. The van der Waals surface area contributed by atoms with Crippen LogP contribution in [0.15, 0.2) is 12.2 Å². The molecular weight excluding hydrogens is 464 g/mol. The summed E-state index contributed by atoms with van der Waals surface area (Å²) in [5.74, 6) is 0.0567. The van der Waals surface area contributed by atoms with E-state index >= 15 is 0 Å². The summed E-state index contributed by atoms with van der Waals surface area (Å²) in [6, 6.07) is 0. The molecule has 0 saturated heterocycles. The van der Waals surface area contributed by atoms with E-state index in [1.165, 1.54) is 19.1 Å². The van der Waals surface area contributed by atoms with Crippen LogP contribution in [0.4, 0.5) is 0 Å². The van der Waals surface area contributed by atoms with Crippen molar-refractivity contribution in [2.75, 3.05) is 7.11 Å². The fraction of sp³-hybridized carbons (Fsp3) is 0.857. The molecule has 0 N–H and O–H groups in total. The van der Waals surface area contributed by atoms with Gasteiger partial charge in [0.1, 0.15) is 6.10 Å². The van der Waals surface area contributed by atoms with Gasteiger partial charge in [0.05, 0.1) is 12.5 Å². The Labute approximate surface area is 213 Å². The third kappa shape index (κ3) is 4.70. The van der Waals surface area contributed by atoms with Gasteiger partial charge in [-0.05, 0) is 78.8 Å². The van der Waals surface area contributed by atoms with Crippen molar-refractivity contribution in [1.82, 2.24) is 0 Å². The van der Waals surface area contributed by atoms with E-state index < -0.39 is 19.8 Å².